The zero-order chi connectivity index (χ0) is 28.6. The van der Waals surface area contributed by atoms with Gasteiger partial charge in [0.2, 0.25) is 0 Å². The van der Waals surface area contributed by atoms with E-state index in [1.165, 1.54) is 31.7 Å². The molecule has 6 aromatic carbocycles. The number of hydrogen-bond donors (Lipinski definition) is 0. The lowest BCUT2D eigenvalue weighted by molar-refractivity contribution is 0.745. The van der Waals surface area contributed by atoms with Gasteiger partial charge >= 0.3 is 0 Å². The molecule has 0 N–H and O–H groups in total. The molecule has 8 rings (SSSR count). The minimum atomic E-state index is -0.513. The molecule has 0 aliphatic carbocycles. The first-order valence-corrected chi connectivity index (χ1v) is 16.0. The van der Waals surface area contributed by atoms with Crippen molar-refractivity contribution in [2.24, 2.45) is 0 Å². The molecule has 204 valence electrons. The maximum atomic E-state index is 4.92. The minimum absolute atomic E-state index is 0.513. The smallest absolute Gasteiger partial charge is 0.124 e. The summed E-state index contributed by atoms with van der Waals surface area (Å²) in [5, 5.41) is 2.08. The van der Waals surface area contributed by atoms with E-state index < -0.39 is 5.41 Å². The Kier molecular flexibility index (Phi) is 6.44. The van der Waals surface area contributed by atoms with Crippen LogP contribution in [0.4, 0.5) is 0 Å². The molecule has 0 aliphatic rings. The van der Waals surface area contributed by atoms with Crippen LogP contribution in [0.3, 0.4) is 0 Å². The van der Waals surface area contributed by atoms with Crippen molar-refractivity contribution in [3.63, 3.8) is 0 Å². The number of para-hydroxylation sites is 2. The van der Waals surface area contributed by atoms with E-state index in [2.05, 4.69) is 146 Å². The molecule has 0 aliphatic heterocycles. The second-order valence-corrected chi connectivity index (χ2v) is 12.7. The normalized spacial score (nSPS) is 11.7. The fourth-order valence-corrected chi connectivity index (χ4v) is 8.04. The molecule has 43 heavy (non-hydrogen) atoms. The van der Waals surface area contributed by atoms with E-state index >= 15 is 0 Å². The third kappa shape index (κ3) is 4.47. The Morgan fingerprint density at radius 3 is 1.09 bits per heavy atom. The highest BCUT2D eigenvalue weighted by atomic mass is 32.1. The number of thiazole rings is 2. The lowest BCUT2D eigenvalue weighted by Crippen LogP contribution is -2.31. The minimum Gasteiger partial charge on any atom is -0.236 e. The Labute approximate surface area is 258 Å². The Hall–Kier alpha value is -4.90. The Morgan fingerprint density at radius 1 is 0.349 bits per heavy atom. The van der Waals surface area contributed by atoms with Gasteiger partial charge in [-0.3, -0.25) is 0 Å². The van der Waals surface area contributed by atoms with Crippen LogP contribution in [0.2, 0.25) is 0 Å². The molecule has 0 saturated carbocycles. The highest BCUT2D eigenvalue weighted by Gasteiger charge is 2.38. The fourth-order valence-electron chi connectivity index (χ4n) is 6.09. The third-order valence-corrected chi connectivity index (χ3v) is 10.3. The zero-order valence-corrected chi connectivity index (χ0v) is 24.9. The van der Waals surface area contributed by atoms with Gasteiger partial charge in [-0.2, -0.15) is 0 Å². The molecule has 8 aromatic rings. The van der Waals surface area contributed by atoms with Crippen molar-refractivity contribution >= 4 is 43.1 Å². The fraction of sp³-hybridized carbons (Fsp3) is 0.0256. The summed E-state index contributed by atoms with van der Waals surface area (Å²) in [4.78, 5) is 9.83. The SMILES string of the molecule is c1ccc(C(c2ccccc2)(c2ccc(-c3nc4ccccc4s3)cc2)c2ccc(-c3nc4ccccc4s3)cc2)cc1. The van der Waals surface area contributed by atoms with Crippen molar-refractivity contribution < 1.29 is 0 Å². The second kappa shape index (κ2) is 10.7. The van der Waals surface area contributed by atoms with Gasteiger partial charge in [-0.1, -0.05) is 133 Å². The molecule has 4 heteroatoms. The summed E-state index contributed by atoms with van der Waals surface area (Å²) in [7, 11) is 0. The number of benzene rings is 6. The van der Waals surface area contributed by atoms with Crippen LogP contribution in [0.25, 0.3) is 41.6 Å². The Balaban J connectivity index is 1.30. The lowest BCUT2D eigenvalue weighted by Gasteiger charge is -2.37. The van der Waals surface area contributed by atoms with E-state index in [1.54, 1.807) is 22.7 Å². The average molecular weight is 587 g/mol. The molecule has 2 heterocycles. The molecule has 0 spiro atoms. The molecule has 2 nitrogen and oxygen atoms in total. The van der Waals surface area contributed by atoms with E-state index in [9.17, 15) is 0 Å². The average Bonchev–Trinajstić information content (AvgIpc) is 3.72. The molecule has 0 fully saturated rings. The molecular weight excluding hydrogens is 561 g/mol. The Morgan fingerprint density at radius 2 is 0.698 bits per heavy atom. The van der Waals surface area contributed by atoms with Crippen LogP contribution in [-0.4, -0.2) is 9.97 Å². The number of hydrogen-bond acceptors (Lipinski definition) is 4. The first-order valence-electron chi connectivity index (χ1n) is 14.3. The van der Waals surface area contributed by atoms with Gasteiger partial charge in [-0.15, -0.1) is 22.7 Å². The molecule has 2 aromatic heterocycles. The van der Waals surface area contributed by atoms with Gasteiger partial charge in [0.15, 0.2) is 0 Å². The van der Waals surface area contributed by atoms with Crippen LogP contribution >= 0.6 is 22.7 Å². The molecule has 0 radical (unpaired) electrons. The molecule has 0 unspecified atom stereocenters. The van der Waals surface area contributed by atoms with Crippen LogP contribution in [0, 0.1) is 0 Å². The molecule has 0 saturated heterocycles. The largest absolute Gasteiger partial charge is 0.236 e. The van der Waals surface area contributed by atoms with Gasteiger partial charge in [-0.25, -0.2) is 9.97 Å². The topological polar surface area (TPSA) is 25.8 Å². The first-order chi connectivity index (χ1) is 21.3. The van der Waals surface area contributed by atoms with E-state index in [1.807, 2.05) is 12.1 Å². The summed E-state index contributed by atoms with van der Waals surface area (Å²) in [6, 6.07) is 56.4. The van der Waals surface area contributed by atoms with E-state index in [-0.39, 0.29) is 0 Å². The number of rotatable bonds is 6. The monoisotopic (exact) mass is 586 g/mol. The lowest BCUT2D eigenvalue weighted by atomic mass is 9.65. The first kappa shape index (κ1) is 25.8. The molecular formula is C39H26N2S2. The maximum absolute atomic E-state index is 4.92. The standard InChI is InChI=1S/C39H26N2S2/c1-3-11-29(12-4-1)39(30-13-5-2-6-14-30,31-23-19-27(20-24-31)37-40-33-15-7-9-17-35(33)42-37)32-25-21-28(22-26-32)38-41-34-16-8-10-18-36(34)43-38/h1-26H. The highest BCUT2D eigenvalue weighted by Crippen LogP contribution is 2.46. The summed E-state index contributed by atoms with van der Waals surface area (Å²) in [5.41, 5.74) is 8.71. The second-order valence-electron chi connectivity index (χ2n) is 10.6. The van der Waals surface area contributed by atoms with E-state index in [0.717, 1.165) is 32.2 Å². The predicted molar refractivity (Wildman–Crippen MR) is 182 cm³/mol. The van der Waals surface area contributed by atoms with Gasteiger partial charge in [0.05, 0.1) is 25.8 Å². The molecule has 0 amide bonds. The summed E-state index contributed by atoms with van der Waals surface area (Å²) in [6.07, 6.45) is 0. The van der Waals surface area contributed by atoms with Crippen molar-refractivity contribution in [1.29, 1.82) is 0 Å². The van der Waals surface area contributed by atoms with Crippen molar-refractivity contribution in [2.45, 2.75) is 5.41 Å². The summed E-state index contributed by atoms with van der Waals surface area (Å²) < 4.78 is 2.41. The van der Waals surface area contributed by atoms with Gasteiger partial charge in [0.1, 0.15) is 10.0 Å². The van der Waals surface area contributed by atoms with E-state index in [4.69, 9.17) is 9.97 Å². The molecule has 0 bridgehead atoms. The van der Waals surface area contributed by atoms with Gasteiger partial charge in [0.25, 0.3) is 0 Å². The van der Waals surface area contributed by atoms with Gasteiger partial charge in [0, 0.05) is 11.1 Å². The van der Waals surface area contributed by atoms with Crippen LogP contribution in [-0.2, 0) is 5.41 Å². The number of aromatic nitrogens is 2. The van der Waals surface area contributed by atoms with E-state index in [0.29, 0.717) is 0 Å². The zero-order valence-electron chi connectivity index (χ0n) is 23.2. The van der Waals surface area contributed by atoms with Crippen molar-refractivity contribution in [3.05, 3.63) is 180 Å². The summed E-state index contributed by atoms with van der Waals surface area (Å²) in [6.45, 7) is 0. The number of fused-ring (bicyclic) bond motifs is 2. The Bertz CT molecular complexity index is 1940. The van der Waals surface area contributed by atoms with Crippen molar-refractivity contribution in [2.75, 3.05) is 0 Å². The van der Waals surface area contributed by atoms with Gasteiger partial charge < -0.3 is 0 Å². The van der Waals surface area contributed by atoms with Crippen LogP contribution < -0.4 is 0 Å². The highest BCUT2D eigenvalue weighted by molar-refractivity contribution is 7.22. The maximum Gasteiger partial charge on any atom is 0.124 e. The summed E-state index contributed by atoms with van der Waals surface area (Å²) in [5.74, 6) is 0. The number of nitrogens with zero attached hydrogens (tertiary/aromatic N) is 2. The van der Waals surface area contributed by atoms with Crippen molar-refractivity contribution in [1.82, 2.24) is 9.97 Å². The quantitative estimate of drug-likeness (QED) is 0.181. The summed E-state index contributed by atoms with van der Waals surface area (Å²) >= 11 is 3.48. The van der Waals surface area contributed by atoms with Crippen LogP contribution in [0.15, 0.2) is 158 Å². The third-order valence-electron chi connectivity index (χ3n) is 8.13. The van der Waals surface area contributed by atoms with Crippen LogP contribution in [0.5, 0.6) is 0 Å². The van der Waals surface area contributed by atoms with Crippen LogP contribution in [0.1, 0.15) is 22.3 Å². The van der Waals surface area contributed by atoms with Crippen molar-refractivity contribution in [3.8, 4) is 21.1 Å². The van der Waals surface area contributed by atoms with Gasteiger partial charge in [-0.05, 0) is 46.5 Å². The molecule has 0 atom stereocenters. The predicted octanol–water partition coefficient (Wildman–Crippen LogP) is 10.6.